The van der Waals surface area contributed by atoms with Crippen LogP contribution in [0, 0.1) is 6.92 Å². The standard InChI is InChI=1S/C14H22N2O2/c1-9-6-10(8-11(15)7-9)12(17)16-13(2,3)14(4,5)18/h6-8,18H,15H2,1-5H3,(H,16,17). The van der Waals surface area contributed by atoms with Crippen molar-refractivity contribution in [3.8, 4) is 0 Å². The van der Waals surface area contributed by atoms with E-state index in [-0.39, 0.29) is 5.91 Å². The number of aliphatic hydroxyl groups is 1. The molecule has 0 aliphatic heterocycles. The van der Waals surface area contributed by atoms with Crippen molar-refractivity contribution < 1.29 is 9.90 Å². The summed E-state index contributed by atoms with van der Waals surface area (Å²) < 4.78 is 0. The van der Waals surface area contributed by atoms with Crippen LogP contribution in [-0.2, 0) is 0 Å². The molecule has 0 radical (unpaired) electrons. The fourth-order valence-electron chi connectivity index (χ4n) is 1.45. The summed E-state index contributed by atoms with van der Waals surface area (Å²) in [6.07, 6.45) is 0. The summed E-state index contributed by atoms with van der Waals surface area (Å²) in [6.45, 7) is 8.78. The molecule has 4 N–H and O–H groups in total. The van der Waals surface area contributed by atoms with E-state index in [0.717, 1.165) is 5.56 Å². The molecule has 4 nitrogen and oxygen atoms in total. The number of hydrogen-bond donors (Lipinski definition) is 3. The summed E-state index contributed by atoms with van der Waals surface area (Å²) in [6, 6.07) is 5.20. The van der Waals surface area contributed by atoms with Crippen LogP contribution in [0.5, 0.6) is 0 Å². The lowest BCUT2D eigenvalue weighted by molar-refractivity contribution is -0.00292. The lowest BCUT2D eigenvalue weighted by atomic mass is 9.85. The number of nitrogen functional groups attached to an aromatic ring is 1. The molecule has 1 aromatic rings. The highest BCUT2D eigenvalue weighted by molar-refractivity contribution is 5.95. The van der Waals surface area contributed by atoms with Crippen molar-refractivity contribution in [1.82, 2.24) is 5.32 Å². The van der Waals surface area contributed by atoms with Gasteiger partial charge in [-0.25, -0.2) is 0 Å². The van der Waals surface area contributed by atoms with Gasteiger partial charge in [0.2, 0.25) is 0 Å². The van der Waals surface area contributed by atoms with Gasteiger partial charge in [-0.3, -0.25) is 4.79 Å². The van der Waals surface area contributed by atoms with Gasteiger partial charge in [-0.2, -0.15) is 0 Å². The first-order valence-corrected chi connectivity index (χ1v) is 5.95. The van der Waals surface area contributed by atoms with Crippen LogP contribution in [-0.4, -0.2) is 22.2 Å². The predicted octanol–water partition coefficient (Wildman–Crippen LogP) is 1.86. The molecule has 0 atom stereocenters. The molecule has 0 saturated heterocycles. The van der Waals surface area contributed by atoms with Crippen molar-refractivity contribution in [1.29, 1.82) is 0 Å². The summed E-state index contributed by atoms with van der Waals surface area (Å²) in [7, 11) is 0. The summed E-state index contributed by atoms with van der Waals surface area (Å²) in [4.78, 5) is 12.1. The molecule has 0 aliphatic rings. The summed E-state index contributed by atoms with van der Waals surface area (Å²) in [5, 5.41) is 12.8. The van der Waals surface area contributed by atoms with Gasteiger partial charge < -0.3 is 16.2 Å². The van der Waals surface area contributed by atoms with Crippen LogP contribution in [0.25, 0.3) is 0 Å². The predicted molar refractivity (Wildman–Crippen MR) is 73.4 cm³/mol. The van der Waals surface area contributed by atoms with Gasteiger partial charge in [0, 0.05) is 11.3 Å². The Morgan fingerprint density at radius 2 is 1.78 bits per heavy atom. The van der Waals surface area contributed by atoms with Crippen molar-refractivity contribution in [2.75, 3.05) is 5.73 Å². The van der Waals surface area contributed by atoms with Gasteiger partial charge >= 0.3 is 0 Å². The minimum Gasteiger partial charge on any atom is -0.399 e. The zero-order valence-electron chi connectivity index (χ0n) is 11.7. The van der Waals surface area contributed by atoms with Crippen LogP contribution in [0.1, 0.15) is 43.6 Å². The molecule has 18 heavy (non-hydrogen) atoms. The lowest BCUT2D eigenvalue weighted by Gasteiger charge is -2.38. The van der Waals surface area contributed by atoms with Crippen LogP contribution in [0.15, 0.2) is 18.2 Å². The van der Waals surface area contributed by atoms with E-state index in [0.29, 0.717) is 11.3 Å². The van der Waals surface area contributed by atoms with Crippen LogP contribution >= 0.6 is 0 Å². The Labute approximate surface area is 108 Å². The molecule has 0 saturated carbocycles. The maximum Gasteiger partial charge on any atom is 0.251 e. The normalized spacial score (nSPS) is 12.3. The van der Waals surface area contributed by atoms with E-state index in [4.69, 9.17) is 5.73 Å². The Balaban J connectivity index is 2.96. The van der Waals surface area contributed by atoms with Gasteiger partial charge in [0.15, 0.2) is 0 Å². The molecule has 0 heterocycles. The third-order valence-electron chi connectivity index (χ3n) is 3.32. The number of nitrogens with one attached hydrogen (secondary N) is 1. The van der Waals surface area contributed by atoms with E-state index >= 15 is 0 Å². The second-order valence-corrected chi connectivity index (χ2v) is 5.77. The molecule has 100 valence electrons. The molecule has 0 spiro atoms. The molecule has 0 fully saturated rings. The summed E-state index contributed by atoms with van der Waals surface area (Å²) >= 11 is 0. The minimum atomic E-state index is -1.02. The average molecular weight is 250 g/mol. The second kappa shape index (κ2) is 4.61. The Morgan fingerprint density at radius 3 is 2.22 bits per heavy atom. The first-order chi connectivity index (χ1) is 8.03. The molecule has 1 rings (SSSR count). The zero-order chi connectivity index (χ0) is 14.1. The average Bonchev–Trinajstić information content (AvgIpc) is 2.13. The number of carbonyl (C=O) groups excluding carboxylic acids is 1. The lowest BCUT2D eigenvalue weighted by Crippen LogP contribution is -2.57. The molecule has 0 bridgehead atoms. The molecule has 1 amide bonds. The monoisotopic (exact) mass is 250 g/mol. The Hall–Kier alpha value is -1.55. The van der Waals surface area contributed by atoms with Gasteiger partial charge in [-0.1, -0.05) is 0 Å². The van der Waals surface area contributed by atoms with E-state index in [1.54, 1.807) is 45.9 Å². The maximum atomic E-state index is 12.1. The van der Waals surface area contributed by atoms with Crippen LogP contribution in [0.4, 0.5) is 5.69 Å². The molecule has 0 aliphatic carbocycles. The third kappa shape index (κ3) is 3.23. The number of benzene rings is 1. The number of anilines is 1. The maximum absolute atomic E-state index is 12.1. The summed E-state index contributed by atoms with van der Waals surface area (Å²) in [5.41, 5.74) is 5.96. The fourth-order valence-corrected chi connectivity index (χ4v) is 1.45. The largest absolute Gasteiger partial charge is 0.399 e. The summed E-state index contributed by atoms with van der Waals surface area (Å²) in [5.74, 6) is -0.238. The molecule has 0 aromatic heterocycles. The van der Waals surface area contributed by atoms with Gasteiger partial charge in [-0.15, -0.1) is 0 Å². The van der Waals surface area contributed by atoms with E-state index in [2.05, 4.69) is 5.32 Å². The van der Waals surface area contributed by atoms with E-state index in [1.165, 1.54) is 0 Å². The number of nitrogens with two attached hydrogens (primary N) is 1. The molecule has 0 unspecified atom stereocenters. The van der Waals surface area contributed by atoms with E-state index in [9.17, 15) is 9.90 Å². The van der Waals surface area contributed by atoms with E-state index in [1.807, 2.05) is 6.92 Å². The van der Waals surface area contributed by atoms with Crippen LogP contribution in [0.3, 0.4) is 0 Å². The minimum absolute atomic E-state index is 0.238. The third-order valence-corrected chi connectivity index (χ3v) is 3.32. The Morgan fingerprint density at radius 1 is 1.22 bits per heavy atom. The number of hydrogen-bond acceptors (Lipinski definition) is 3. The highest BCUT2D eigenvalue weighted by Crippen LogP contribution is 2.21. The number of carbonyl (C=O) groups is 1. The van der Waals surface area contributed by atoms with Crippen LogP contribution in [0.2, 0.25) is 0 Å². The Bertz CT molecular complexity index is 439. The fraction of sp³-hybridized carbons (Fsp3) is 0.500. The second-order valence-electron chi connectivity index (χ2n) is 5.77. The van der Waals surface area contributed by atoms with E-state index < -0.39 is 11.1 Å². The molecular weight excluding hydrogens is 228 g/mol. The van der Waals surface area contributed by atoms with Crippen molar-refractivity contribution >= 4 is 11.6 Å². The molecule has 1 aromatic carbocycles. The van der Waals surface area contributed by atoms with Crippen molar-refractivity contribution in [2.24, 2.45) is 0 Å². The SMILES string of the molecule is Cc1cc(N)cc(C(=O)NC(C)(C)C(C)(C)O)c1. The number of amides is 1. The highest BCUT2D eigenvalue weighted by Gasteiger charge is 2.36. The van der Waals surface area contributed by atoms with Gasteiger partial charge in [0.25, 0.3) is 5.91 Å². The van der Waals surface area contributed by atoms with Crippen molar-refractivity contribution in [3.63, 3.8) is 0 Å². The molecular formula is C14H22N2O2. The number of aryl methyl sites for hydroxylation is 1. The highest BCUT2D eigenvalue weighted by atomic mass is 16.3. The number of rotatable bonds is 3. The zero-order valence-corrected chi connectivity index (χ0v) is 11.7. The van der Waals surface area contributed by atoms with Gasteiger partial charge in [0.05, 0.1) is 11.1 Å². The van der Waals surface area contributed by atoms with Gasteiger partial charge in [-0.05, 0) is 58.4 Å². The van der Waals surface area contributed by atoms with Gasteiger partial charge in [0.1, 0.15) is 0 Å². The Kier molecular flexibility index (Phi) is 3.72. The first kappa shape index (κ1) is 14.5. The topological polar surface area (TPSA) is 75.4 Å². The quantitative estimate of drug-likeness (QED) is 0.717. The molecule has 4 heteroatoms. The van der Waals surface area contributed by atoms with Crippen molar-refractivity contribution in [2.45, 2.75) is 45.8 Å². The van der Waals surface area contributed by atoms with Crippen LogP contribution < -0.4 is 11.1 Å². The smallest absolute Gasteiger partial charge is 0.251 e. The van der Waals surface area contributed by atoms with Crippen molar-refractivity contribution in [3.05, 3.63) is 29.3 Å². The first-order valence-electron chi connectivity index (χ1n) is 5.95.